The molecule has 1 aliphatic rings. The average Bonchev–Trinajstić information content (AvgIpc) is 2.63. The number of hydrogen-bond acceptors (Lipinski definition) is 3. The molecule has 0 aliphatic carbocycles. The topological polar surface area (TPSA) is 21.7 Å². The number of benzene rings is 2. The lowest BCUT2D eigenvalue weighted by atomic mass is 10.1. The number of morpholine rings is 1. The van der Waals surface area contributed by atoms with Crippen molar-refractivity contribution in [3.05, 3.63) is 63.1 Å². The summed E-state index contributed by atoms with van der Waals surface area (Å²) in [5, 5.41) is 0.744. The molecule has 0 N–H and O–H groups in total. The molecule has 1 fully saturated rings. The van der Waals surface area contributed by atoms with Gasteiger partial charge in [0.25, 0.3) is 0 Å². The lowest BCUT2D eigenvalue weighted by Crippen LogP contribution is -2.36. The molecule has 1 saturated heterocycles. The smallest absolute Gasteiger partial charge is 0.123 e. The molecule has 3 rings (SSSR count). The third-order valence-corrected chi connectivity index (χ3v) is 5.25. The zero-order valence-corrected chi connectivity index (χ0v) is 16.6. The van der Waals surface area contributed by atoms with Gasteiger partial charge in [-0.3, -0.25) is 4.90 Å². The fourth-order valence-electron chi connectivity index (χ4n) is 2.97. The van der Waals surface area contributed by atoms with Gasteiger partial charge in [0, 0.05) is 28.1 Å². The maximum absolute atomic E-state index is 6.22. The average molecular weight is 425 g/mol. The molecule has 0 atom stereocenters. The van der Waals surface area contributed by atoms with Crippen LogP contribution < -0.4 is 4.74 Å². The summed E-state index contributed by atoms with van der Waals surface area (Å²) >= 11 is 9.79. The molecular weight excluding hydrogens is 402 g/mol. The van der Waals surface area contributed by atoms with E-state index in [1.165, 1.54) is 5.56 Å². The van der Waals surface area contributed by atoms with Gasteiger partial charge in [0.2, 0.25) is 0 Å². The van der Waals surface area contributed by atoms with Gasteiger partial charge in [0.05, 0.1) is 13.2 Å². The molecule has 134 valence electrons. The molecule has 2 aromatic carbocycles. The molecule has 3 nitrogen and oxygen atoms in total. The minimum absolute atomic E-state index is 0.484. The Balaban J connectivity index is 1.58. The zero-order chi connectivity index (χ0) is 17.5. The van der Waals surface area contributed by atoms with Crippen molar-refractivity contribution in [1.82, 2.24) is 4.90 Å². The van der Waals surface area contributed by atoms with E-state index in [1.54, 1.807) is 0 Å². The van der Waals surface area contributed by atoms with Crippen molar-refractivity contribution >= 4 is 27.5 Å². The van der Waals surface area contributed by atoms with Crippen LogP contribution in [0.4, 0.5) is 0 Å². The quantitative estimate of drug-likeness (QED) is 0.628. The Hall–Kier alpha value is -1.07. The van der Waals surface area contributed by atoms with Crippen molar-refractivity contribution in [2.75, 3.05) is 32.8 Å². The molecule has 1 heterocycles. The summed E-state index contributed by atoms with van der Waals surface area (Å²) in [5.41, 5.74) is 2.24. The second-order valence-corrected chi connectivity index (χ2v) is 7.51. The largest absolute Gasteiger partial charge is 0.489 e. The first-order valence-electron chi connectivity index (χ1n) is 8.67. The van der Waals surface area contributed by atoms with Gasteiger partial charge < -0.3 is 9.47 Å². The van der Waals surface area contributed by atoms with Crippen LogP contribution in [0.5, 0.6) is 5.75 Å². The lowest BCUT2D eigenvalue weighted by molar-refractivity contribution is 0.0374. The molecule has 0 amide bonds. The van der Waals surface area contributed by atoms with Crippen LogP contribution in [0.1, 0.15) is 17.5 Å². The molecule has 2 aromatic rings. The van der Waals surface area contributed by atoms with Crippen LogP contribution >= 0.6 is 27.5 Å². The van der Waals surface area contributed by atoms with Crippen LogP contribution in [0, 0.1) is 0 Å². The van der Waals surface area contributed by atoms with Gasteiger partial charge in [-0.15, -0.1) is 0 Å². The summed E-state index contributed by atoms with van der Waals surface area (Å²) in [6.45, 7) is 5.35. The van der Waals surface area contributed by atoms with Crippen molar-refractivity contribution in [1.29, 1.82) is 0 Å². The maximum atomic E-state index is 6.22. The zero-order valence-electron chi connectivity index (χ0n) is 14.2. The molecule has 0 radical (unpaired) electrons. The van der Waals surface area contributed by atoms with E-state index in [2.05, 4.69) is 26.9 Å². The van der Waals surface area contributed by atoms with E-state index < -0.39 is 0 Å². The van der Waals surface area contributed by atoms with E-state index in [1.807, 2.05) is 36.4 Å². The molecule has 1 aliphatic heterocycles. The molecule has 25 heavy (non-hydrogen) atoms. The van der Waals surface area contributed by atoms with Crippen molar-refractivity contribution in [2.24, 2.45) is 0 Å². The first kappa shape index (κ1) is 18.7. The highest BCUT2D eigenvalue weighted by Crippen LogP contribution is 2.26. The number of rotatable bonds is 7. The summed E-state index contributed by atoms with van der Waals surface area (Å²) in [7, 11) is 0. The summed E-state index contributed by atoms with van der Waals surface area (Å²) in [5.74, 6) is 0.935. The minimum Gasteiger partial charge on any atom is -0.489 e. The standard InChI is InChI=1S/C20H23BrClNO2/c21-18-7-8-20(25-15-17-4-1-2-6-19(17)22)16(14-18)5-3-9-23-10-12-24-13-11-23/h1-2,4,6-8,14H,3,5,9-13,15H2. The van der Waals surface area contributed by atoms with Gasteiger partial charge >= 0.3 is 0 Å². The molecular formula is C20H23BrClNO2. The number of nitrogens with zero attached hydrogens (tertiary/aromatic N) is 1. The first-order chi connectivity index (χ1) is 12.2. The van der Waals surface area contributed by atoms with Crippen LogP contribution in [0.2, 0.25) is 5.02 Å². The number of ether oxygens (including phenoxy) is 2. The number of halogens is 2. The molecule has 0 saturated carbocycles. The van der Waals surface area contributed by atoms with E-state index in [4.69, 9.17) is 21.1 Å². The Morgan fingerprint density at radius 1 is 1.08 bits per heavy atom. The SMILES string of the molecule is Clc1ccccc1COc1ccc(Br)cc1CCCN1CCOCC1. The molecule has 0 unspecified atom stereocenters. The fourth-order valence-corrected chi connectivity index (χ4v) is 3.57. The van der Waals surface area contributed by atoms with E-state index in [9.17, 15) is 0 Å². The van der Waals surface area contributed by atoms with E-state index >= 15 is 0 Å². The fraction of sp³-hybridized carbons (Fsp3) is 0.400. The highest BCUT2D eigenvalue weighted by Gasteiger charge is 2.11. The second kappa shape index (κ2) is 9.58. The molecule has 0 aromatic heterocycles. The molecule has 0 spiro atoms. The van der Waals surface area contributed by atoms with E-state index in [0.29, 0.717) is 6.61 Å². The van der Waals surface area contributed by atoms with Crippen molar-refractivity contribution in [3.63, 3.8) is 0 Å². The van der Waals surface area contributed by atoms with Gasteiger partial charge in [-0.2, -0.15) is 0 Å². The van der Waals surface area contributed by atoms with Gasteiger partial charge in [0.15, 0.2) is 0 Å². The highest BCUT2D eigenvalue weighted by molar-refractivity contribution is 9.10. The van der Waals surface area contributed by atoms with Crippen molar-refractivity contribution < 1.29 is 9.47 Å². The Labute approximate surface area is 163 Å². The van der Waals surface area contributed by atoms with Crippen LogP contribution in [0.3, 0.4) is 0 Å². The maximum Gasteiger partial charge on any atom is 0.123 e. The predicted molar refractivity (Wildman–Crippen MR) is 106 cm³/mol. The summed E-state index contributed by atoms with van der Waals surface area (Å²) < 4.78 is 12.5. The third kappa shape index (κ3) is 5.71. The monoisotopic (exact) mass is 423 g/mol. The lowest BCUT2D eigenvalue weighted by Gasteiger charge is -2.26. The van der Waals surface area contributed by atoms with Crippen LogP contribution in [-0.4, -0.2) is 37.7 Å². The highest BCUT2D eigenvalue weighted by atomic mass is 79.9. The third-order valence-electron chi connectivity index (χ3n) is 4.39. The summed E-state index contributed by atoms with van der Waals surface area (Å²) in [4.78, 5) is 2.46. The van der Waals surface area contributed by atoms with Crippen molar-refractivity contribution in [2.45, 2.75) is 19.4 Å². The Bertz CT molecular complexity index is 689. The Morgan fingerprint density at radius 2 is 1.88 bits per heavy atom. The van der Waals surface area contributed by atoms with Gasteiger partial charge in [-0.1, -0.05) is 45.7 Å². The van der Waals surface area contributed by atoms with Crippen LogP contribution in [-0.2, 0) is 17.8 Å². The first-order valence-corrected chi connectivity index (χ1v) is 9.84. The Morgan fingerprint density at radius 3 is 2.68 bits per heavy atom. The normalized spacial score (nSPS) is 15.3. The predicted octanol–water partition coefficient (Wildman–Crippen LogP) is 4.95. The van der Waals surface area contributed by atoms with E-state index in [-0.39, 0.29) is 0 Å². The minimum atomic E-state index is 0.484. The van der Waals surface area contributed by atoms with E-state index in [0.717, 1.165) is 66.5 Å². The van der Waals surface area contributed by atoms with Crippen LogP contribution in [0.25, 0.3) is 0 Å². The van der Waals surface area contributed by atoms with Gasteiger partial charge in [0.1, 0.15) is 12.4 Å². The van der Waals surface area contributed by atoms with Gasteiger partial charge in [-0.05, 0) is 49.2 Å². The Kier molecular flexibility index (Phi) is 7.17. The number of hydrogen-bond donors (Lipinski definition) is 0. The second-order valence-electron chi connectivity index (χ2n) is 6.19. The molecule has 5 heteroatoms. The van der Waals surface area contributed by atoms with Gasteiger partial charge in [-0.25, -0.2) is 0 Å². The number of aryl methyl sites for hydroxylation is 1. The molecule has 0 bridgehead atoms. The van der Waals surface area contributed by atoms with Crippen LogP contribution in [0.15, 0.2) is 46.9 Å². The summed E-state index contributed by atoms with van der Waals surface area (Å²) in [6.07, 6.45) is 2.10. The summed E-state index contributed by atoms with van der Waals surface area (Å²) in [6, 6.07) is 14.0. The van der Waals surface area contributed by atoms with Crippen molar-refractivity contribution in [3.8, 4) is 5.75 Å².